The molecule has 2 aromatic rings. The van der Waals surface area contributed by atoms with Crippen molar-refractivity contribution >= 4 is 0 Å². The maximum absolute atomic E-state index is 5.71. The van der Waals surface area contributed by atoms with Gasteiger partial charge in [0.25, 0.3) is 0 Å². The van der Waals surface area contributed by atoms with Gasteiger partial charge in [0.1, 0.15) is 0 Å². The summed E-state index contributed by atoms with van der Waals surface area (Å²) in [7, 11) is 0. The van der Waals surface area contributed by atoms with Crippen molar-refractivity contribution in [1.29, 1.82) is 0 Å². The number of hydrogen-bond donors (Lipinski definition) is 2. The van der Waals surface area contributed by atoms with Crippen LogP contribution in [0.5, 0.6) is 0 Å². The van der Waals surface area contributed by atoms with Crippen LogP contribution in [0.15, 0.2) is 60.7 Å². The second kappa shape index (κ2) is 9.55. The molecule has 2 N–H and O–H groups in total. The number of benzene rings is 2. The summed E-state index contributed by atoms with van der Waals surface area (Å²) in [4.78, 5) is 11.4. The third-order valence-electron chi connectivity index (χ3n) is 4.40. The third kappa shape index (κ3) is 5.42. The first kappa shape index (κ1) is 17.1. The molecule has 0 radical (unpaired) electrons. The van der Waals surface area contributed by atoms with E-state index in [4.69, 9.17) is 9.68 Å². The standard InChI is InChI=1S/C20H26N2O2/c1-3-9-17(10-4-1)15-23-21-19-13-7-8-14-20(19)22-24-16-18-11-5-2-6-12-18/h1-6,9-12,19-22H,7-8,13-16H2/t19-,20+. The molecule has 0 unspecified atom stereocenters. The number of hydrogen-bond acceptors (Lipinski definition) is 4. The van der Waals surface area contributed by atoms with Crippen LogP contribution in [0.25, 0.3) is 0 Å². The fourth-order valence-electron chi connectivity index (χ4n) is 3.03. The van der Waals surface area contributed by atoms with Gasteiger partial charge < -0.3 is 0 Å². The maximum Gasteiger partial charge on any atom is 0.0933 e. The van der Waals surface area contributed by atoms with Gasteiger partial charge in [-0.2, -0.15) is 11.0 Å². The van der Waals surface area contributed by atoms with E-state index in [0.717, 1.165) is 12.8 Å². The summed E-state index contributed by atoms with van der Waals surface area (Å²) in [6.45, 7) is 1.16. The minimum Gasteiger partial charge on any atom is -0.297 e. The molecule has 0 saturated heterocycles. The predicted molar refractivity (Wildman–Crippen MR) is 94.8 cm³/mol. The first-order valence-corrected chi connectivity index (χ1v) is 8.74. The third-order valence-corrected chi connectivity index (χ3v) is 4.40. The molecule has 128 valence electrons. The first-order valence-electron chi connectivity index (χ1n) is 8.74. The van der Waals surface area contributed by atoms with E-state index >= 15 is 0 Å². The summed E-state index contributed by atoms with van der Waals surface area (Å²) in [5, 5.41) is 0. The SMILES string of the molecule is c1ccc(CON[C@H]2CCCC[C@H]2NOCc2ccccc2)cc1. The van der Waals surface area contributed by atoms with Crippen LogP contribution in [0.2, 0.25) is 0 Å². The summed E-state index contributed by atoms with van der Waals surface area (Å²) in [5.74, 6) is 0. The van der Waals surface area contributed by atoms with E-state index in [0.29, 0.717) is 13.2 Å². The Morgan fingerprint density at radius 2 is 1.08 bits per heavy atom. The lowest BCUT2D eigenvalue weighted by Crippen LogP contribution is -2.49. The number of hydroxylamine groups is 2. The highest BCUT2D eigenvalue weighted by atomic mass is 16.7. The summed E-state index contributed by atoms with van der Waals surface area (Å²) in [5.41, 5.74) is 8.80. The number of nitrogens with one attached hydrogen (secondary N) is 2. The van der Waals surface area contributed by atoms with E-state index in [-0.39, 0.29) is 12.1 Å². The molecule has 2 aromatic carbocycles. The van der Waals surface area contributed by atoms with Crippen molar-refractivity contribution in [2.24, 2.45) is 0 Å². The Bertz CT molecular complexity index is 523. The van der Waals surface area contributed by atoms with Crippen molar-refractivity contribution < 1.29 is 9.68 Å². The van der Waals surface area contributed by atoms with Crippen LogP contribution >= 0.6 is 0 Å². The highest BCUT2D eigenvalue weighted by Crippen LogP contribution is 2.19. The lowest BCUT2D eigenvalue weighted by atomic mass is 9.91. The van der Waals surface area contributed by atoms with Crippen LogP contribution in [0.1, 0.15) is 36.8 Å². The van der Waals surface area contributed by atoms with Crippen molar-refractivity contribution in [1.82, 2.24) is 11.0 Å². The van der Waals surface area contributed by atoms with Gasteiger partial charge in [0.2, 0.25) is 0 Å². The Morgan fingerprint density at radius 1 is 0.667 bits per heavy atom. The van der Waals surface area contributed by atoms with Crippen LogP contribution in [-0.4, -0.2) is 12.1 Å². The molecule has 0 aliphatic heterocycles. The lowest BCUT2D eigenvalue weighted by molar-refractivity contribution is -0.0567. The zero-order valence-electron chi connectivity index (χ0n) is 14.0. The molecular weight excluding hydrogens is 300 g/mol. The summed E-state index contributed by atoms with van der Waals surface area (Å²) >= 11 is 0. The van der Waals surface area contributed by atoms with Gasteiger partial charge in [-0.1, -0.05) is 73.5 Å². The van der Waals surface area contributed by atoms with Crippen molar-refractivity contribution in [3.63, 3.8) is 0 Å². The smallest absolute Gasteiger partial charge is 0.0933 e. The molecule has 4 nitrogen and oxygen atoms in total. The Balaban J connectivity index is 1.41. The molecule has 1 aliphatic carbocycles. The topological polar surface area (TPSA) is 42.5 Å². The van der Waals surface area contributed by atoms with Crippen LogP contribution < -0.4 is 11.0 Å². The first-order chi connectivity index (χ1) is 11.9. The predicted octanol–water partition coefficient (Wildman–Crippen LogP) is 3.74. The summed E-state index contributed by atoms with van der Waals surface area (Å²) < 4.78 is 0. The lowest BCUT2D eigenvalue weighted by Gasteiger charge is -2.32. The molecule has 0 spiro atoms. The zero-order valence-corrected chi connectivity index (χ0v) is 14.0. The van der Waals surface area contributed by atoms with E-state index in [1.807, 2.05) is 36.4 Å². The van der Waals surface area contributed by atoms with Gasteiger partial charge in [-0.3, -0.25) is 9.68 Å². The van der Waals surface area contributed by atoms with Gasteiger partial charge in [0.15, 0.2) is 0 Å². The Hall–Kier alpha value is -1.72. The van der Waals surface area contributed by atoms with E-state index in [2.05, 4.69) is 35.2 Å². The van der Waals surface area contributed by atoms with Crippen molar-refractivity contribution in [2.75, 3.05) is 0 Å². The molecule has 1 aliphatic rings. The molecule has 0 bridgehead atoms. The Labute approximate surface area is 144 Å². The van der Waals surface area contributed by atoms with E-state index in [1.54, 1.807) is 0 Å². The van der Waals surface area contributed by atoms with E-state index in [9.17, 15) is 0 Å². The minimum absolute atomic E-state index is 0.276. The Morgan fingerprint density at radius 3 is 1.50 bits per heavy atom. The quantitative estimate of drug-likeness (QED) is 0.725. The van der Waals surface area contributed by atoms with Crippen molar-refractivity contribution in [2.45, 2.75) is 51.0 Å². The summed E-state index contributed by atoms with van der Waals surface area (Å²) in [6.07, 6.45) is 4.65. The van der Waals surface area contributed by atoms with Gasteiger partial charge in [0.05, 0.1) is 13.2 Å². The van der Waals surface area contributed by atoms with Crippen molar-refractivity contribution in [3.8, 4) is 0 Å². The van der Waals surface area contributed by atoms with E-state index in [1.165, 1.54) is 24.0 Å². The van der Waals surface area contributed by atoms with Crippen LogP contribution in [-0.2, 0) is 22.9 Å². The molecule has 2 atom stereocenters. The van der Waals surface area contributed by atoms with E-state index < -0.39 is 0 Å². The van der Waals surface area contributed by atoms with Gasteiger partial charge in [-0.15, -0.1) is 0 Å². The molecule has 24 heavy (non-hydrogen) atoms. The molecule has 3 rings (SSSR count). The molecule has 4 heteroatoms. The molecule has 1 fully saturated rings. The number of rotatable bonds is 8. The Kier molecular flexibility index (Phi) is 6.81. The normalized spacial score (nSPS) is 20.8. The minimum atomic E-state index is 0.276. The highest BCUT2D eigenvalue weighted by molar-refractivity contribution is 5.14. The second-order valence-corrected chi connectivity index (χ2v) is 6.28. The van der Waals surface area contributed by atoms with Crippen LogP contribution in [0.3, 0.4) is 0 Å². The fraction of sp³-hybridized carbons (Fsp3) is 0.400. The van der Waals surface area contributed by atoms with Crippen molar-refractivity contribution in [3.05, 3.63) is 71.8 Å². The average Bonchev–Trinajstić information content (AvgIpc) is 2.65. The van der Waals surface area contributed by atoms with Gasteiger partial charge in [-0.25, -0.2) is 0 Å². The van der Waals surface area contributed by atoms with Gasteiger partial charge >= 0.3 is 0 Å². The molecule has 0 aromatic heterocycles. The van der Waals surface area contributed by atoms with Gasteiger partial charge in [0, 0.05) is 12.1 Å². The average molecular weight is 326 g/mol. The second-order valence-electron chi connectivity index (χ2n) is 6.28. The van der Waals surface area contributed by atoms with Gasteiger partial charge in [-0.05, 0) is 24.0 Å². The zero-order chi connectivity index (χ0) is 16.5. The molecule has 1 saturated carbocycles. The molecule has 0 heterocycles. The highest BCUT2D eigenvalue weighted by Gasteiger charge is 2.25. The fourth-order valence-corrected chi connectivity index (χ4v) is 3.03. The molecule has 0 amide bonds. The van der Waals surface area contributed by atoms with Crippen LogP contribution in [0.4, 0.5) is 0 Å². The maximum atomic E-state index is 5.71. The largest absolute Gasteiger partial charge is 0.297 e. The monoisotopic (exact) mass is 326 g/mol. The summed E-state index contributed by atoms with van der Waals surface area (Å²) in [6, 6.07) is 21.0. The van der Waals surface area contributed by atoms with Crippen LogP contribution in [0, 0.1) is 0 Å². The molecular formula is C20H26N2O2.